The molecular weight excluding hydrogens is 132 g/mol. The molecule has 2 aliphatic carbocycles. The Morgan fingerprint density at radius 2 is 2.00 bits per heavy atom. The van der Waals surface area contributed by atoms with E-state index in [1.165, 1.54) is 32.1 Å². The average molecular weight is 146 g/mol. The van der Waals surface area contributed by atoms with Gasteiger partial charge in [0.1, 0.15) is 0 Å². The molecule has 58 valence electrons. The van der Waals surface area contributed by atoms with Gasteiger partial charge in [0.15, 0.2) is 0 Å². The molecule has 0 aromatic heterocycles. The van der Waals surface area contributed by atoms with Crippen LogP contribution in [0, 0.1) is 0 Å². The third kappa shape index (κ3) is 1.45. The van der Waals surface area contributed by atoms with Crippen molar-refractivity contribution in [3.05, 3.63) is 35.5 Å². The predicted octanol–water partition coefficient (Wildman–Crippen LogP) is 3.37. The van der Waals surface area contributed by atoms with E-state index in [9.17, 15) is 0 Å². The van der Waals surface area contributed by atoms with Crippen LogP contribution in [0.3, 0.4) is 0 Å². The average Bonchev–Trinajstić information content (AvgIpc) is 2.58. The quantitative estimate of drug-likeness (QED) is 0.532. The van der Waals surface area contributed by atoms with E-state index in [0.29, 0.717) is 0 Å². The Bertz CT molecular complexity index is 228. The molecule has 0 amide bonds. The maximum absolute atomic E-state index is 2.41. The lowest BCUT2D eigenvalue weighted by Crippen LogP contribution is -1.89. The van der Waals surface area contributed by atoms with Gasteiger partial charge in [0.2, 0.25) is 0 Å². The van der Waals surface area contributed by atoms with Gasteiger partial charge >= 0.3 is 0 Å². The molecule has 0 aliphatic heterocycles. The Labute approximate surface area is 68.3 Å². The molecule has 0 heteroatoms. The van der Waals surface area contributed by atoms with Crippen molar-refractivity contribution in [2.45, 2.75) is 32.1 Å². The summed E-state index contributed by atoms with van der Waals surface area (Å²) in [6.45, 7) is 0. The standard InChI is InChI=1S/C11H14/c1-2-6-10(7-3-1)11-8-4-5-9-11/h1-2,6,8H,3-5,7,9H2. The van der Waals surface area contributed by atoms with E-state index in [1.807, 2.05) is 0 Å². The third-order valence-corrected chi connectivity index (χ3v) is 2.47. The summed E-state index contributed by atoms with van der Waals surface area (Å²) in [5.41, 5.74) is 3.21. The summed E-state index contributed by atoms with van der Waals surface area (Å²) in [5, 5.41) is 0. The maximum Gasteiger partial charge on any atom is -0.0241 e. The monoisotopic (exact) mass is 146 g/mol. The molecule has 0 aromatic carbocycles. The smallest absolute Gasteiger partial charge is 0.0241 e. The van der Waals surface area contributed by atoms with E-state index < -0.39 is 0 Å². The van der Waals surface area contributed by atoms with Gasteiger partial charge in [-0.1, -0.05) is 24.3 Å². The van der Waals surface area contributed by atoms with Crippen LogP contribution in [0.2, 0.25) is 0 Å². The topological polar surface area (TPSA) is 0 Å². The fourth-order valence-corrected chi connectivity index (χ4v) is 1.83. The summed E-state index contributed by atoms with van der Waals surface area (Å²) in [4.78, 5) is 0. The van der Waals surface area contributed by atoms with Gasteiger partial charge in [0.05, 0.1) is 0 Å². The third-order valence-electron chi connectivity index (χ3n) is 2.47. The molecule has 0 unspecified atom stereocenters. The summed E-state index contributed by atoms with van der Waals surface area (Å²) in [6, 6.07) is 0. The Hall–Kier alpha value is -0.780. The molecule has 0 saturated carbocycles. The van der Waals surface area contributed by atoms with Crippen molar-refractivity contribution in [1.82, 2.24) is 0 Å². The molecule has 0 spiro atoms. The van der Waals surface area contributed by atoms with Crippen molar-refractivity contribution < 1.29 is 0 Å². The van der Waals surface area contributed by atoms with E-state index >= 15 is 0 Å². The van der Waals surface area contributed by atoms with Gasteiger partial charge < -0.3 is 0 Å². The van der Waals surface area contributed by atoms with Crippen molar-refractivity contribution in [2.24, 2.45) is 0 Å². The molecule has 0 nitrogen and oxygen atoms in total. The lowest BCUT2D eigenvalue weighted by molar-refractivity contribution is 0.884. The molecule has 0 atom stereocenters. The molecular formula is C11H14. The molecule has 0 saturated heterocycles. The van der Waals surface area contributed by atoms with Crippen LogP contribution in [0.15, 0.2) is 35.5 Å². The zero-order valence-corrected chi connectivity index (χ0v) is 6.84. The molecule has 0 fully saturated rings. The van der Waals surface area contributed by atoms with Crippen molar-refractivity contribution >= 4 is 0 Å². The van der Waals surface area contributed by atoms with Gasteiger partial charge in [-0.25, -0.2) is 0 Å². The molecule has 11 heavy (non-hydrogen) atoms. The van der Waals surface area contributed by atoms with Gasteiger partial charge in [-0.15, -0.1) is 0 Å². The molecule has 2 rings (SSSR count). The largest absolute Gasteiger partial charge is 0.0842 e. The number of allylic oxidation sites excluding steroid dienone is 6. The Kier molecular flexibility index (Phi) is 1.93. The first-order chi connectivity index (χ1) is 5.47. The second-order valence-corrected chi connectivity index (χ2v) is 3.28. The fraction of sp³-hybridized carbons (Fsp3) is 0.455. The van der Waals surface area contributed by atoms with E-state index in [1.54, 1.807) is 11.1 Å². The summed E-state index contributed by atoms with van der Waals surface area (Å²) >= 11 is 0. The predicted molar refractivity (Wildman–Crippen MR) is 48.4 cm³/mol. The van der Waals surface area contributed by atoms with E-state index in [2.05, 4.69) is 24.3 Å². The van der Waals surface area contributed by atoms with E-state index in [4.69, 9.17) is 0 Å². The van der Waals surface area contributed by atoms with Crippen LogP contribution in [0.4, 0.5) is 0 Å². The molecule has 0 N–H and O–H groups in total. The Balaban J connectivity index is 2.14. The molecule has 0 aromatic rings. The van der Waals surface area contributed by atoms with Gasteiger partial charge in [-0.2, -0.15) is 0 Å². The minimum Gasteiger partial charge on any atom is -0.0842 e. The zero-order chi connectivity index (χ0) is 7.52. The minimum absolute atomic E-state index is 1.24. The van der Waals surface area contributed by atoms with Crippen LogP contribution in [-0.4, -0.2) is 0 Å². The highest BCUT2D eigenvalue weighted by atomic mass is 14.1. The van der Waals surface area contributed by atoms with Crippen LogP contribution in [0.5, 0.6) is 0 Å². The number of hydrogen-bond acceptors (Lipinski definition) is 0. The zero-order valence-electron chi connectivity index (χ0n) is 6.84. The first kappa shape index (κ1) is 6.90. The lowest BCUT2D eigenvalue weighted by Gasteiger charge is -2.09. The van der Waals surface area contributed by atoms with Crippen molar-refractivity contribution in [3.63, 3.8) is 0 Å². The maximum atomic E-state index is 2.41. The van der Waals surface area contributed by atoms with Crippen LogP contribution in [0.1, 0.15) is 32.1 Å². The first-order valence-corrected chi connectivity index (χ1v) is 4.52. The SMILES string of the molecule is C1=CCCC(C2=CCCC2)=C1. The second kappa shape index (κ2) is 3.08. The van der Waals surface area contributed by atoms with E-state index in [0.717, 1.165) is 0 Å². The normalized spacial score (nSPS) is 23.3. The number of rotatable bonds is 1. The Morgan fingerprint density at radius 1 is 1.00 bits per heavy atom. The fourth-order valence-electron chi connectivity index (χ4n) is 1.83. The van der Waals surface area contributed by atoms with E-state index in [-0.39, 0.29) is 0 Å². The summed E-state index contributed by atoms with van der Waals surface area (Å²) in [6.07, 6.45) is 15.6. The lowest BCUT2D eigenvalue weighted by atomic mass is 9.97. The van der Waals surface area contributed by atoms with Crippen molar-refractivity contribution in [1.29, 1.82) is 0 Å². The van der Waals surface area contributed by atoms with Gasteiger partial charge in [-0.05, 0) is 43.3 Å². The number of hydrogen-bond donors (Lipinski definition) is 0. The molecule has 0 radical (unpaired) electrons. The van der Waals surface area contributed by atoms with Gasteiger partial charge in [-0.3, -0.25) is 0 Å². The second-order valence-electron chi connectivity index (χ2n) is 3.28. The first-order valence-electron chi connectivity index (χ1n) is 4.52. The van der Waals surface area contributed by atoms with Crippen LogP contribution >= 0.6 is 0 Å². The van der Waals surface area contributed by atoms with Crippen molar-refractivity contribution in [2.75, 3.05) is 0 Å². The van der Waals surface area contributed by atoms with Crippen LogP contribution < -0.4 is 0 Å². The molecule has 0 heterocycles. The Morgan fingerprint density at radius 3 is 2.64 bits per heavy atom. The highest BCUT2D eigenvalue weighted by Gasteiger charge is 2.09. The summed E-state index contributed by atoms with van der Waals surface area (Å²) in [5.74, 6) is 0. The van der Waals surface area contributed by atoms with Crippen molar-refractivity contribution in [3.8, 4) is 0 Å². The summed E-state index contributed by atoms with van der Waals surface area (Å²) in [7, 11) is 0. The van der Waals surface area contributed by atoms with Gasteiger partial charge in [0.25, 0.3) is 0 Å². The highest BCUT2D eigenvalue weighted by molar-refractivity contribution is 5.37. The molecule has 0 bridgehead atoms. The van der Waals surface area contributed by atoms with Crippen LogP contribution in [0.25, 0.3) is 0 Å². The summed E-state index contributed by atoms with van der Waals surface area (Å²) < 4.78 is 0. The highest BCUT2D eigenvalue weighted by Crippen LogP contribution is 2.28. The van der Waals surface area contributed by atoms with Crippen LogP contribution in [-0.2, 0) is 0 Å². The molecule has 2 aliphatic rings. The minimum atomic E-state index is 1.24. The van der Waals surface area contributed by atoms with Gasteiger partial charge in [0, 0.05) is 0 Å².